The third-order valence-electron chi connectivity index (χ3n) is 4.61. The molecule has 0 aliphatic carbocycles. The van der Waals surface area contributed by atoms with Crippen molar-refractivity contribution >= 4 is 11.9 Å². The fraction of sp³-hybridized carbons (Fsp3) is 0.632. The molecule has 1 aliphatic rings. The van der Waals surface area contributed by atoms with Gasteiger partial charge in [-0.2, -0.15) is 0 Å². The molecule has 7 nitrogen and oxygen atoms in total. The lowest BCUT2D eigenvalue weighted by Gasteiger charge is -2.34. The number of ether oxygens (including phenoxy) is 1. The van der Waals surface area contributed by atoms with E-state index in [1.165, 1.54) is 0 Å². The van der Waals surface area contributed by atoms with E-state index in [1.807, 2.05) is 12.1 Å². The highest BCUT2D eigenvalue weighted by Gasteiger charge is 2.23. The van der Waals surface area contributed by atoms with E-state index in [0.717, 1.165) is 43.9 Å². The van der Waals surface area contributed by atoms with Crippen LogP contribution in [0.5, 0.6) is 5.88 Å². The number of hydrogen-bond acceptors (Lipinski definition) is 4. The topological polar surface area (TPSA) is 78.8 Å². The number of piperidine rings is 1. The molecule has 1 aromatic rings. The van der Waals surface area contributed by atoms with Crippen molar-refractivity contribution in [1.82, 2.24) is 20.5 Å². The Balaban J connectivity index is 1.86. The van der Waals surface area contributed by atoms with E-state index in [1.54, 1.807) is 20.3 Å². The van der Waals surface area contributed by atoms with Crippen LogP contribution in [0.1, 0.15) is 38.2 Å². The van der Waals surface area contributed by atoms with Crippen molar-refractivity contribution in [2.75, 3.05) is 33.8 Å². The maximum Gasteiger partial charge on any atom is 0.220 e. The molecular weight excluding hydrogens is 330 g/mol. The fourth-order valence-corrected chi connectivity index (χ4v) is 3.11. The van der Waals surface area contributed by atoms with Crippen LogP contribution >= 0.6 is 0 Å². The fourth-order valence-electron chi connectivity index (χ4n) is 3.11. The average molecular weight is 361 g/mol. The second-order valence-corrected chi connectivity index (χ2v) is 6.52. The second-order valence-electron chi connectivity index (χ2n) is 6.52. The summed E-state index contributed by atoms with van der Waals surface area (Å²) in [4.78, 5) is 22.5. The normalized spacial score (nSPS) is 15.7. The summed E-state index contributed by atoms with van der Waals surface area (Å²) in [5.41, 5.74) is 1.02. The molecule has 2 heterocycles. The highest BCUT2D eigenvalue weighted by Crippen LogP contribution is 2.21. The predicted octanol–water partition coefficient (Wildman–Crippen LogP) is 1.79. The van der Waals surface area contributed by atoms with Gasteiger partial charge in [-0.3, -0.25) is 9.79 Å². The lowest BCUT2D eigenvalue weighted by atomic mass is 9.93. The van der Waals surface area contributed by atoms with Crippen molar-refractivity contribution in [1.29, 1.82) is 0 Å². The summed E-state index contributed by atoms with van der Waals surface area (Å²) in [5, 5.41) is 6.12. The highest BCUT2D eigenvalue weighted by molar-refractivity contribution is 5.80. The van der Waals surface area contributed by atoms with Crippen LogP contribution in [0.4, 0.5) is 0 Å². The van der Waals surface area contributed by atoms with E-state index in [2.05, 4.69) is 32.4 Å². The summed E-state index contributed by atoms with van der Waals surface area (Å²) in [6, 6.07) is 3.94. The van der Waals surface area contributed by atoms with Crippen molar-refractivity contribution < 1.29 is 9.53 Å². The Hall–Kier alpha value is -2.31. The number of aromatic nitrogens is 1. The van der Waals surface area contributed by atoms with Gasteiger partial charge in [-0.25, -0.2) is 4.98 Å². The Morgan fingerprint density at radius 3 is 2.85 bits per heavy atom. The van der Waals surface area contributed by atoms with Crippen molar-refractivity contribution in [3.63, 3.8) is 0 Å². The number of guanidine groups is 1. The molecule has 1 fully saturated rings. The van der Waals surface area contributed by atoms with Crippen LogP contribution in [-0.2, 0) is 11.3 Å². The van der Waals surface area contributed by atoms with Gasteiger partial charge < -0.3 is 20.3 Å². The van der Waals surface area contributed by atoms with Crippen LogP contribution in [0.3, 0.4) is 0 Å². The van der Waals surface area contributed by atoms with Gasteiger partial charge in [0.1, 0.15) is 0 Å². The molecule has 0 spiro atoms. The number of aliphatic imine (C=N–C) groups is 1. The van der Waals surface area contributed by atoms with Gasteiger partial charge in [0, 0.05) is 51.9 Å². The minimum atomic E-state index is 0.127. The molecule has 144 valence electrons. The molecular formula is C19H31N5O2. The van der Waals surface area contributed by atoms with Crippen molar-refractivity contribution in [3.05, 3.63) is 23.9 Å². The van der Waals surface area contributed by atoms with Crippen LogP contribution in [-0.4, -0.2) is 55.5 Å². The minimum absolute atomic E-state index is 0.127. The van der Waals surface area contributed by atoms with Gasteiger partial charge in [0.25, 0.3) is 0 Å². The van der Waals surface area contributed by atoms with Gasteiger partial charge in [-0.05, 0) is 31.2 Å². The zero-order chi connectivity index (χ0) is 18.8. The maximum atomic E-state index is 11.5. The number of nitrogens with zero attached hydrogens (tertiary/aromatic N) is 3. The summed E-state index contributed by atoms with van der Waals surface area (Å²) in [7, 11) is 3.50. The molecule has 2 rings (SSSR count). The van der Waals surface area contributed by atoms with Gasteiger partial charge in [-0.1, -0.05) is 13.0 Å². The molecule has 2 N–H and O–H groups in total. The monoisotopic (exact) mass is 361 g/mol. The van der Waals surface area contributed by atoms with Crippen LogP contribution in [0, 0.1) is 5.92 Å². The smallest absolute Gasteiger partial charge is 0.220 e. The lowest BCUT2D eigenvalue weighted by molar-refractivity contribution is -0.121. The molecule has 26 heavy (non-hydrogen) atoms. The molecule has 1 aliphatic heterocycles. The molecule has 1 saturated heterocycles. The first kappa shape index (κ1) is 20.0. The van der Waals surface area contributed by atoms with E-state index in [-0.39, 0.29) is 5.91 Å². The Morgan fingerprint density at radius 2 is 2.19 bits per heavy atom. The number of carbonyl (C=O) groups excluding carboxylic acids is 1. The Morgan fingerprint density at radius 1 is 1.42 bits per heavy atom. The first-order valence-corrected chi connectivity index (χ1v) is 9.40. The number of nitrogens with one attached hydrogen (secondary N) is 2. The van der Waals surface area contributed by atoms with Gasteiger partial charge in [-0.15, -0.1) is 0 Å². The number of hydrogen-bond donors (Lipinski definition) is 2. The largest absolute Gasteiger partial charge is 0.477 e. The van der Waals surface area contributed by atoms with Crippen molar-refractivity contribution in [3.8, 4) is 5.88 Å². The summed E-state index contributed by atoms with van der Waals surface area (Å²) in [5.74, 6) is 2.15. The molecule has 7 heteroatoms. The zero-order valence-corrected chi connectivity index (χ0v) is 16.1. The van der Waals surface area contributed by atoms with E-state index in [9.17, 15) is 4.79 Å². The second kappa shape index (κ2) is 10.6. The average Bonchev–Trinajstić information content (AvgIpc) is 2.68. The molecule has 0 aromatic carbocycles. The minimum Gasteiger partial charge on any atom is -0.477 e. The van der Waals surface area contributed by atoms with Crippen LogP contribution in [0.2, 0.25) is 0 Å². The van der Waals surface area contributed by atoms with Crippen LogP contribution in [0.15, 0.2) is 23.3 Å². The number of amides is 1. The standard InChI is InChI=1S/C19H31N5O2/c1-4-12-26-18-16(6-5-9-22-18)14-23-19(21-3)24-10-7-15(8-11-24)13-17(25)20-2/h5-6,9,15H,4,7-8,10-14H2,1-3H3,(H,20,25)(H,21,23). The molecule has 1 aromatic heterocycles. The van der Waals surface area contributed by atoms with Gasteiger partial charge in [0.15, 0.2) is 5.96 Å². The first-order chi connectivity index (χ1) is 12.7. The molecule has 0 saturated carbocycles. The maximum absolute atomic E-state index is 11.5. The summed E-state index contributed by atoms with van der Waals surface area (Å²) < 4.78 is 5.72. The predicted molar refractivity (Wildman–Crippen MR) is 103 cm³/mol. The molecule has 0 bridgehead atoms. The van der Waals surface area contributed by atoms with E-state index in [4.69, 9.17) is 4.74 Å². The summed E-state index contributed by atoms with van der Waals surface area (Å²) in [6.45, 7) is 5.19. The van der Waals surface area contributed by atoms with Gasteiger partial charge in [0.2, 0.25) is 11.8 Å². The Labute approximate surface area is 156 Å². The first-order valence-electron chi connectivity index (χ1n) is 9.40. The van der Waals surface area contributed by atoms with E-state index < -0.39 is 0 Å². The van der Waals surface area contributed by atoms with Crippen molar-refractivity contribution in [2.24, 2.45) is 10.9 Å². The molecule has 0 atom stereocenters. The quantitative estimate of drug-likeness (QED) is 0.572. The number of pyridine rings is 1. The zero-order valence-electron chi connectivity index (χ0n) is 16.1. The summed E-state index contributed by atoms with van der Waals surface area (Å²) in [6.07, 6.45) is 5.33. The van der Waals surface area contributed by atoms with Gasteiger partial charge in [0.05, 0.1) is 6.61 Å². The SMILES string of the molecule is CCCOc1ncccc1CNC(=NC)N1CCC(CC(=O)NC)CC1. The van der Waals surface area contributed by atoms with Crippen LogP contribution < -0.4 is 15.4 Å². The molecule has 1 amide bonds. The van der Waals surface area contributed by atoms with E-state index >= 15 is 0 Å². The highest BCUT2D eigenvalue weighted by atomic mass is 16.5. The molecule has 0 radical (unpaired) electrons. The third kappa shape index (κ3) is 5.89. The van der Waals surface area contributed by atoms with E-state index in [0.29, 0.717) is 31.4 Å². The number of likely N-dealkylation sites (tertiary alicyclic amines) is 1. The Kier molecular flexibility index (Phi) is 8.18. The Bertz CT molecular complexity index is 597. The van der Waals surface area contributed by atoms with Gasteiger partial charge >= 0.3 is 0 Å². The summed E-state index contributed by atoms with van der Waals surface area (Å²) >= 11 is 0. The number of rotatable bonds is 7. The lowest BCUT2D eigenvalue weighted by Crippen LogP contribution is -2.45. The van der Waals surface area contributed by atoms with Crippen LogP contribution in [0.25, 0.3) is 0 Å². The third-order valence-corrected chi connectivity index (χ3v) is 4.61. The number of carbonyl (C=O) groups is 1. The molecule has 0 unspecified atom stereocenters. The van der Waals surface area contributed by atoms with Crippen molar-refractivity contribution in [2.45, 2.75) is 39.2 Å².